The van der Waals surface area contributed by atoms with Gasteiger partial charge >= 0.3 is 0 Å². The molecule has 0 aliphatic carbocycles. The molecule has 0 amide bonds. The molecule has 0 aromatic heterocycles. The van der Waals surface area contributed by atoms with E-state index in [9.17, 15) is 0 Å². The van der Waals surface area contributed by atoms with Gasteiger partial charge in [-0.05, 0) is 26.1 Å². The van der Waals surface area contributed by atoms with Crippen molar-refractivity contribution in [1.82, 2.24) is 4.90 Å². The van der Waals surface area contributed by atoms with E-state index in [-0.39, 0.29) is 0 Å². The second-order valence-corrected chi connectivity index (χ2v) is 5.05. The third kappa shape index (κ3) is 3.45. The Morgan fingerprint density at radius 3 is 2.30 bits per heavy atom. The highest BCUT2D eigenvalue weighted by atomic mass is 15.1. The highest BCUT2D eigenvalue weighted by molar-refractivity contribution is 6.13. The van der Waals surface area contributed by atoms with Crippen LogP contribution in [0, 0.1) is 0 Å². The first-order valence-electron chi connectivity index (χ1n) is 6.78. The third-order valence-electron chi connectivity index (χ3n) is 3.28. The number of hydrogen-bond donors (Lipinski definition) is 1. The summed E-state index contributed by atoms with van der Waals surface area (Å²) in [5, 5.41) is 4.02. The molecule has 0 saturated carbocycles. The molecule has 0 saturated heterocycles. The Labute approximate surface area is 120 Å². The summed E-state index contributed by atoms with van der Waals surface area (Å²) in [5.74, 6) is 5.64. The zero-order valence-electron chi connectivity index (χ0n) is 12.1. The lowest BCUT2D eigenvalue weighted by molar-refractivity contribution is 0.413. The monoisotopic (exact) mass is 267 g/mol. The van der Waals surface area contributed by atoms with E-state index >= 15 is 0 Å². The number of benzene rings is 2. The Morgan fingerprint density at radius 1 is 1.00 bits per heavy atom. The van der Waals surface area contributed by atoms with Crippen LogP contribution < -0.4 is 5.84 Å². The topological polar surface area (TPSA) is 41.6 Å². The van der Waals surface area contributed by atoms with Crippen LogP contribution in [0.4, 0.5) is 0 Å². The van der Waals surface area contributed by atoms with Crippen LogP contribution in [-0.2, 0) is 6.42 Å². The Hall–Kier alpha value is -2.13. The van der Waals surface area contributed by atoms with Crippen LogP contribution in [0.1, 0.15) is 16.7 Å². The summed E-state index contributed by atoms with van der Waals surface area (Å²) in [7, 11) is 4.16. The first kappa shape index (κ1) is 14.3. The van der Waals surface area contributed by atoms with Crippen molar-refractivity contribution in [2.24, 2.45) is 10.9 Å². The van der Waals surface area contributed by atoms with Crippen LogP contribution in [0.2, 0.25) is 0 Å². The first-order chi connectivity index (χ1) is 9.72. The molecule has 3 nitrogen and oxygen atoms in total. The van der Waals surface area contributed by atoms with E-state index < -0.39 is 0 Å². The molecule has 0 fully saturated rings. The molecular formula is C17H21N3. The van der Waals surface area contributed by atoms with Crippen LogP contribution in [0.3, 0.4) is 0 Å². The first-order valence-corrected chi connectivity index (χ1v) is 6.78. The molecule has 2 aromatic carbocycles. The minimum atomic E-state index is 0.847. The Morgan fingerprint density at radius 2 is 1.65 bits per heavy atom. The fourth-order valence-corrected chi connectivity index (χ4v) is 2.21. The van der Waals surface area contributed by atoms with Gasteiger partial charge in [0.25, 0.3) is 0 Å². The van der Waals surface area contributed by atoms with Gasteiger partial charge in [0.1, 0.15) is 0 Å². The van der Waals surface area contributed by atoms with Crippen molar-refractivity contribution in [2.75, 3.05) is 20.6 Å². The van der Waals surface area contributed by atoms with Gasteiger partial charge < -0.3 is 10.7 Å². The zero-order valence-corrected chi connectivity index (χ0v) is 12.1. The van der Waals surface area contributed by atoms with Gasteiger partial charge in [0.2, 0.25) is 0 Å². The summed E-state index contributed by atoms with van der Waals surface area (Å²) in [4.78, 5) is 2.18. The van der Waals surface area contributed by atoms with E-state index in [4.69, 9.17) is 5.84 Å². The van der Waals surface area contributed by atoms with Crippen molar-refractivity contribution >= 4 is 5.71 Å². The molecule has 0 atom stereocenters. The minimum absolute atomic E-state index is 0.847. The van der Waals surface area contributed by atoms with E-state index in [0.29, 0.717) is 0 Å². The number of nitrogens with two attached hydrogens (primary N) is 1. The summed E-state index contributed by atoms with van der Waals surface area (Å²) in [5.41, 5.74) is 4.28. The molecule has 0 aliphatic rings. The molecule has 2 rings (SSSR count). The van der Waals surface area contributed by atoms with Crippen molar-refractivity contribution in [3.63, 3.8) is 0 Å². The molecule has 3 heteroatoms. The van der Waals surface area contributed by atoms with Crippen molar-refractivity contribution in [2.45, 2.75) is 6.42 Å². The molecule has 2 aromatic rings. The Balaban J connectivity index is 2.36. The van der Waals surface area contributed by atoms with Crippen molar-refractivity contribution in [3.8, 4) is 0 Å². The fraction of sp³-hybridized carbons (Fsp3) is 0.235. The quantitative estimate of drug-likeness (QED) is 0.514. The maximum Gasteiger partial charge on any atom is 0.0974 e. The number of nitrogens with zero attached hydrogens (tertiary/aromatic N) is 2. The van der Waals surface area contributed by atoms with E-state index in [1.54, 1.807) is 0 Å². The average Bonchev–Trinajstić information content (AvgIpc) is 2.48. The molecule has 0 aliphatic heterocycles. The standard InChI is InChI=1S/C17H21N3/c1-20(2)13-12-14-8-6-7-11-16(14)17(19-18)15-9-4-3-5-10-15/h3-11H,12-13,18H2,1-2H3/b19-17+. The summed E-state index contributed by atoms with van der Waals surface area (Å²) in [6, 6.07) is 18.4. The van der Waals surface area contributed by atoms with Crippen LogP contribution in [0.25, 0.3) is 0 Å². The predicted molar refractivity (Wildman–Crippen MR) is 85.0 cm³/mol. The van der Waals surface area contributed by atoms with Gasteiger partial charge in [0, 0.05) is 17.7 Å². The van der Waals surface area contributed by atoms with Crippen LogP contribution in [0.5, 0.6) is 0 Å². The van der Waals surface area contributed by atoms with E-state index in [2.05, 4.69) is 42.3 Å². The van der Waals surface area contributed by atoms with Gasteiger partial charge in [0.05, 0.1) is 5.71 Å². The number of hydrogen-bond acceptors (Lipinski definition) is 3. The predicted octanol–water partition coefficient (Wildman–Crippen LogP) is 2.50. The van der Waals surface area contributed by atoms with Gasteiger partial charge in [-0.15, -0.1) is 0 Å². The maximum atomic E-state index is 5.64. The van der Waals surface area contributed by atoms with Crippen LogP contribution >= 0.6 is 0 Å². The molecule has 0 radical (unpaired) electrons. The highest BCUT2D eigenvalue weighted by Crippen LogP contribution is 2.16. The number of rotatable bonds is 5. The van der Waals surface area contributed by atoms with Crippen molar-refractivity contribution < 1.29 is 0 Å². The lowest BCUT2D eigenvalue weighted by Gasteiger charge is -2.14. The van der Waals surface area contributed by atoms with E-state index in [1.807, 2.05) is 36.4 Å². The molecule has 20 heavy (non-hydrogen) atoms. The van der Waals surface area contributed by atoms with Gasteiger partial charge in [-0.3, -0.25) is 0 Å². The van der Waals surface area contributed by atoms with Crippen LogP contribution in [-0.4, -0.2) is 31.3 Å². The number of hydrazone groups is 1. The molecule has 0 heterocycles. The number of likely N-dealkylation sites (N-methyl/N-ethyl adjacent to an activating group) is 1. The summed E-state index contributed by atoms with van der Waals surface area (Å²) in [6.07, 6.45) is 0.981. The van der Waals surface area contributed by atoms with Gasteiger partial charge in [-0.1, -0.05) is 54.6 Å². The summed E-state index contributed by atoms with van der Waals surface area (Å²) >= 11 is 0. The molecule has 2 N–H and O–H groups in total. The molecular weight excluding hydrogens is 246 g/mol. The smallest absolute Gasteiger partial charge is 0.0974 e. The van der Waals surface area contributed by atoms with Gasteiger partial charge in [0.15, 0.2) is 0 Å². The molecule has 0 unspecified atom stereocenters. The van der Waals surface area contributed by atoms with Gasteiger partial charge in [-0.25, -0.2) is 0 Å². The Bertz CT molecular complexity index is 574. The third-order valence-corrected chi connectivity index (χ3v) is 3.28. The maximum absolute atomic E-state index is 5.64. The van der Waals surface area contributed by atoms with Crippen LogP contribution in [0.15, 0.2) is 59.7 Å². The Kier molecular flexibility index (Phi) is 4.91. The highest BCUT2D eigenvalue weighted by Gasteiger charge is 2.11. The molecule has 0 spiro atoms. The summed E-state index contributed by atoms with van der Waals surface area (Å²) < 4.78 is 0. The lowest BCUT2D eigenvalue weighted by Crippen LogP contribution is -2.17. The molecule has 104 valence electrons. The SMILES string of the molecule is CN(C)CCc1ccccc1/C(=N/N)c1ccccc1. The lowest BCUT2D eigenvalue weighted by atomic mass is 9.96. The fourth-order valence-electron chi connectivity index (χ4n) is 2.21. The minimum Gasteiger partial charge on any atom is -0.323 e. The normalized spacial score (nSPS) is 11.8. The second kappa shape index (κ2) is 6.87. The summed E-state index contributed by atoms with van der Waals surface area (Å²) in [6.45, 7) is 1.00. The average molecular weight is 267 g/mol. The largest absolute Gasteiger partial charge is 0.323 e. The van der Waals surface area contributed by atoms with Crippen molar-refractivity contribution in [3.05, 3.63) is 71.3 Å². The molecule has 0 bridgehead atoms. The van der Waals surface area contributed by atoms with Gasteiger partial charge in [-0.2, -0.15) is 5.10 Å². The van der Waals surface area contributed by atoms with E-state index in [0.717, 1.165) is 29.8 Å². The zero-order chi connectivity index (χ0) is 14.4. The van der Waals surface area contributed by atoms with E-state index in [1.165, 1.54) is 5.56 Å². The second-order valence-electron chi connectivity index (χ2n) is 5.05. The van der Waals surface area contributed by atoms with Crippen molar-refractivity contribution in [1.29, 1.82) is 0 Å².